The van der Waals surface area contributed by atoms with Crippen molar-refractivity contribution in [3.05, 3.63) is 24.3 Å². The van der Waals surface area contributed by atoms with E-state index in [4.69, 9.17) is 4.74 Å². The number of rotatable bonds is 62. The first kappa shape index (κ1) is 71.3. The number of unbranched alkanes of at least 4 members (excludes halogenated alkanes) is 49. The third-order valence-electron chi connectivity index (χ3n) is 15.5. The number of hydrogen-bond acceptors (Lipinski definition) is 5. The fourth-order valence-corrected chi connectivity index (χ4v) is 10.4. The molecular formula is C67H129NO5. The van der Waals surface area contributed by atoms with Gasteiger partial charge in [-0.25, -0.2) is 0 Å². The van der Waals surface area contributed by atoms with Crippen LogP contribution in [-0.2, 0) is 14.3 Å². The quantitative estimate of drug-likeness (QED) is 0.0320. The predicted molar refractivity (Wildman–Crippen MR) is 320 cm³/mol. The van der Waals surface area contributed by atoms with Crippen molar-refractivity contribution in [2.45, 2.75) is 379 Å². The smallest absolute Gasteiger partial charge is 0.305 e. The number of carbonyl (C=O) groups is 2. The highest BCUT2D eigenvalue weighted by molar-refractivity contribution is 5.76. The molecule has 0 aliphatic carbocycles. The van der Waals surface area contributed by atoms with Crippen LogP contribution in [0.2, 0.25) is 0 Å². The molecule has 1 amide bonds. The second-order valence-corrected chi connectivity index (χ2v) is 22.8. The number of aliphatic hydroxyl groups excluding tert-OH is 2. The number of carbonyl (C=O) groups excluding carboxylic acids is 2. The standard InChI is InChI=1S/C67H129NO5/c1-3-5-7-9-11-13-15-17-19-21-24-29-33-37-41-45-49-53-57-61-67(72)73-62-58-54-50-46-42-38-34-30-26-23-25-28-32-36-40-44-48-52-56-60-66(71)68-64(63-69)65(70)59-55-51-47-43-39-35-31-27-22-20-18-16-14-12-10-8-6-4-2/h17,19,55,59,64-65,69-70H,3-16,18,20-54,56-58,60-63H2,1-2H3,(H,68,71)/b19-17-,59-55+. The number of allylic oxidation sites excluding steroid dienone is 3. The maximum absolute atomic E-state index is 12.5. The van der Waals surface area contributed by atoms with Gasteiger partial charge in [-0.1, -0.05) is 321 Å². The molecule has 2 unspecified atom stereocenters. The summed E-state index contributed by atoms with van der Waals surface area (Å²) in [5.74, 6) is -0.0592. The summed E-state index contributed by atoms with van der Waals surface area (Å²) in [5.41, 5.74) is 0. The number of hydrogen-bond donors (Lipinski definition) is 3. The molecule has 3 N–H and O–H groups in total. The lowest BCUT2D eigenvalue weighted by molar-refractivity contribution is -0.143. The summed E-state index contributed by atoms with van der Waals surface area (Å²) in [4.78, 5) is 24.6. The van der Waals surface area contributed by atoms with Crippen LogP contribution in [0.5, 0.6) is 0 Å². The summed E-state index contributed by atoms with van der Waals surface area (Å²) in [6.07, 6.45) is 78.0. The highest BCUT2D eigenvalue weighted by Gasteiger charge is 2.18. The zero-order valence-electron chi connectivity index (χ0n) is 49.4. The number of amides is 1. The molecule has 0 fully saturated rings. The summed E-state index contributed by atoms with van der Waals surface area (Å²) < 4.78 is 5.50. The Bertz CT molecular complexity index is 1140. The molecule has 432 valence electrons. The molecule has 0 saturated carbocycles. The fraction of sp³-hybridized carbons (Fsp3) is 0.910. The lowest BCUT2D eigenvalue weighted by Gasteiger charge is -2.20. The van der Waals surface area contributed by atoms with Gasteiger partial charge in [0.2, 0.25) is 5.91 Å². The predicted octanol–water partition coefficient (Wildman–Crippen LogP) is 21.0. The topological polar surface area (TPSA) is 95.9 Å². The van der Waals surface area contributed by atoms with Gasteiger partial charge in [0, 0.05) is 12.8 Å². The van der Waals surface area contributed by atoms with Crippen molar-refractivity contribution < 1.29 is 24.5 Å². The van der Waals surface area contributed by atoms with Crippen LogP contribution in [0.25, 0.3) is 0 Å². The van der Waals surface area contributed by atoms with E-state index in [1.54, 1.807) is 6.08 Å². The van der Waals surface area contributed by atoms with Gasteiger partial charge in [0.25, 0.3) is 0 Å². The Kier molecular flexibility index (Phi) is 61.4. The lowest BCUT2D eigenvalue weighted by Crippen LogP contribution is -2.45. The van der Waals surface area contributed by atoms with Gasteiger partial charge < -0.3 is 20.3 Å². The Hall–Kier alpha value is -1.66. The van der Waals surface area contributed by atoms with Crippen molar-refractivity contribution in [2.24, 2.45) is 0 Å². The molecule has 0 bridgehead atoms. The fourth-order valence-electron chi connectivity index (χ4n) is 10.4. The van der Waals surface area contributed by atoms with E-state index in [0.29, 0.717) is 19.4 Å². The van der Waals surface area contributed by atoms with Crippen LogP contribution in [0, 0.1) is 0 Å². The van der Waals surface area contributed by atoms with E-state index in [-0.39, 0.29) is 18.5 Å². The van der Waals surface area contributed by atoms with Crippen molar-refractivity contribution in [1.82, 2.24) is 5.32 Å². The molecule has 0 aliphatic heterocycles. The molecule has 0 aromatic carbocycles. The summed E-state index contributed by atoms with van der Waals surface area (Å²) >= 11 is 0. The summed E-state index contributed by atoms with van der Waals surface area (Å²) in [6, 6.07) is -0.630. The van der Waals surface area contributed by atoms with E-state index in [1.165, 1.54) is 295 Å². The van der Waals surface area contributed by atoms with Gasteiger partial charge in [-0.3, -0.25) is 9.59 Å². The molecule has 0 saturated heterocycles. The van der Waals surface area contributed by atoms with Gasteiger partial charge in [-0.15, -0.1) is 0 Å². The third kappa shape index (κ3) is 59.4. The number of nitrogens with one attached hydrogen (secondary N) is 1. The third-order valence-corrected chi connectivity index (χ3v) is 15.5. The molecule has 0 radical (unpaired) electrons. The van der Waals surface area contributed by atoms with Crippen LogP contribution in [0.4, 0.5) is 0 Å². The average molecular weight is 1030 g/mol. The Labute approximate surface area is 456 Å². The van der Waals surface area contributed by atoms with Crippen LogP contribution in [-0.4, -0.2) is 47.4 Å². The highest BCUT2D eigenvalue weighted by atomic mass is 16.5. The Morgan fingerprint density at radius 2 is 0.644 bits per heavy atom. The molecule has 6 heteroatoms. The minimum absolute atomic E-state index is 0.00862. The summed E-state index contributed by atoms with van der Waals surface area (Å²) in [5, 5.41) is 23.2. The molecule has 0 heterocycles. The molecule has 0 spiro atoms. The van der Waals surface area contributed by atoms with E-state index in [1.807, 2.05) is 6.08 Å². The van der Waals surface area contributed by atoms with Gasteiger partial charge >= 0.3 is 5.97 Å². The van der Waals surface area contributed by atoms with E-state index < -0.39 is 12.1 Å². The monoisotopic (exact) mass is 1030 g/mol. The van der Waals surface area contributed by atoms with Gasteiger partial charge in [0.15, 0.2) is 0 Å². The SMILES string of the molecule is CCCCCCCC/C=C\CCCCCCCCCCCC(=O)OCCCCCCCCCCCCCCCCCCCCCC(=O)NC(CO)C(O)/C=C/CCCCCCCCCCCCCCCCCC. The first-order valence-electron chi connectivity index (χ1n) is 33.1. The second-order valence-electron chi connectivity index (χ2n) is 22.8. The minimum Gasteiger partial charge on any atom is -0.466 e. The van der Waals surface area contributed by atoms with Crippen LogP contribution in [0.3, 0.4) is 0 Å². The number of ether oxygens (including phenoxy) is 1. The van der Waals surface area contributed by atoms with Gasteiger partial charge in [-0.2, -0.15) is 0 Å². The van der Waals surface area contributed by atoms with Gasteiger partial charge in [-0.05, 0) is 57.8 Å². The van der Waals surface area contributed by atoms with Gasteiger partial charge in [0.1, 0.15) is 0 Å². The van der Waals surface area contributed by atoms with E-state index >= 15 is 0 Å². The first-order chi connectivity index (χ1) is 36.0. The van der Waals surface area contributed by atoms with Gasteiger partial charge in [0.05, 0.1) is 25.4 Å². The molecule has 73 heavy (non-hydrogen) atoms. The van der Waals surface area contributed by atoms with E-state index in [9.17, 15) is 19.8 Å². The van der Waals surface area contributed by atoms with Crippen molar-refractivity contribution in [3.63, 3.8) is 0 Å². The Balaban J connectivity index is 3.40. The molecular weight excluding hydrogens is 899 g/mol. The van der Waals surface area contributed by atoms with Crippen molar-refractivity contribution in [2.75, 3.05) is 13.2 Å². The highest BCUT2D eigenvalue weighted by Crippen LogP contribution is 2.18. The largest absolute Gasteiger partial charge is 0.466 e. The minimum atomic E-state index is -0.847. The lowest BCUT2D eigenvalue weighted by atomic mass is 10.0. The van der Waals surface area contributed by atoms with Crippen molar-refractivity contribution in [1.29, 1.82) is 0 Å². The van der Waals surface area contributed by atoms with Crippen LogP contribution < -0.4 is 5.32 Å². The Morgan fingerprint density at radius 1 is 0.370 bits per heavy atom. The van der Waals surface area contributed by atoms with Crippen LogP contribution in [0.15, 0.2) is 24.3 Å². The van der Waals surface area contributed by atoms with Crippen LogP contribution in [0.1, 0.15) is 367 Å². The molecule has 0 aliphatic rings. The normalized spacial score (nSPS) is 12.7. The van der Waals surface area contributed by atoms with Crippen molar-refractivity contribution in [3.8, 4) is 0 Å². The van der Waals surface area contributed by atoms with E-state index in [0.717, 1.165) is 44.9 Å². The summed E-state index contributed by atoms with van der Waals surface area (Å²) in [7, 11) is 0. The van der Waals surface area contributed by atoms with E-state index in [2.05, 4.69) is 31.3 Å². The maximum Gasteiger partial charge on any atom is 0.305 e. The molecule has 0 aromatic rings. The zero-order chi connectivity index (χ0) is 52.9. The Morgan fingerprint density at radius 3 is 0.973 bits per heavy atom. The molecule has 2 atom stereocenters. The number of esters is 1. The second kappa shape index (κ2) is 62.9. The maximum atomic E-state index is 12.5. The molecule has 6 nitrogen and oxygen atoms in total. The average Bonchev–Trinajstić information content (AvgIpc) is 3.39. The molecule has 0 aromatic heterocycles. The number of aliphatic hydroxyl groups is 2. The summed E-state index contributed by atoms with van der Waals surface area (Å²) in [6.45, 7) is 4.92. The first-order valence-corrected chi connectivity index (χ1v) is 33.1. The van der Waals surface area contributed by atoms with Crippen molar-refractivity contribution >= 4 is 11.9 Å². The van der Waals surface area contributed by atoms with Crippen LogP contribution >= 0.6 is 0 Å². The molecule has 0 rings (SSSR count). The zero-order valence-corrected chi connectivity index (χ0v) is 49.4.